The van der Waals surface area contributed by atoms with E-state index in [1.807, 2.05) is 45.9 Å². The molecule has 1 aliphatic rings. The second-order valence-corrected chi connectivity index (χ2v) is 8.61. The zero-order valence-electron chi connectivity index (χ0n) is 16.3. The first-order valence-corrected chi connectivity index (χ1v) is 9.91. The molecule has 2 amide bonds. The van der Waals surface area contributed by atoms with Gasteiger partial charge in [-0.25, -0.2) is 4.98 Å². The molecule has 0 fully saturated rings. The molecule has 144 valence electrons. The molecule has 1 N–H and O–H groups in total. The van der Waals surface area contributed by atoms with E-state index in [0.29, 0.717) is 23.9 Å². The van der Waals surface area contributed by atoms with Crippen LogP contribution in [0.3, 0.4) is 0 Å². The van der Waals surface area contributed by atoms with Gasteiger partial charge in [0.05, 0.1) is 16.4 Å². The largest absolute Gasteiger partial charge is 0.479 e. The van der Waals surface area contributed by atoms with Gasteiger partial charge in [-0.1, -0.05) is 13.8 Å². The summed E-state index contributed by atoms with van der Waals surface area (Å²) in [5.74, 6) is 0.559. The fraction of sp³-hybridized carbons (Fsp3) is 0.450. The highest BCUT2D eigenvalue weighted by atomic mass is 32.1. The molecule has 1 aromatic heterocycles. The summed E-state index contributed by atoms with van der Waals surface area (Å²) >= 11 is 1.64. The first-order chi connectivity index (χ1) is 12.8. The number of hydrogen-bond donors (Lipinski definition) is 1. The summed E-state index contributed by atoms with van der Waals surface area (Å²) < 4.78 is 5.74. The Labute approximate surface area is 163 Å². The van der Waals surface area contributed by atoms with E-state index >= 15 is 0 Å². The average Bonchev–Trinajstić information content (AvgIpc) is 2.95. The maximum absolute atomic E-state index is 12.7. The highest BCUT2D eigenvalue weighted by molar-refractivity contribution is 7.11. The van der Waals surface area contributed by atoms with Crippen LogP contribution >= 0.6 is 11.3 Å². The maximum atomic E-state index is 12.7. The van der Waals surface area contributed by atoms with E-state index in [2.05, 4.69) is 10.3 Å². The second kappa shape index (κ2) is 7.68. The van der Waals surface area contributed by atoms with Gasteiger partial charge in [0.1, 0.15) is 12.3 Å². The van der Waals surface area contributed by atoms with E-state index in [-0.39, 0.29) is 18.4 Å². The third-order valence-corrected chi connectivity index (χ3v) is 5.24. The van der Waals surface area contributed by atoms with Crippen LogP contribution < -0.4 is 15.0 Å². The third-order valence-electron chi connectivity index (χ3n) is 4.35. The van der Waals surface area contributed by atoms with E-state index in [4.69, 9.17) is 4.74 Å². The molecule has 2 heterocycles. The molecule has 6 nitrogen and oxygen atoms in total. The van der Waals surface area contributed by atoms with Crippen LogP contribution in [0.15, 0.2) is 18.2 Å². The van der Waals surface area contributed by atoms with Crippen molar-refractivity contribution in [1.82, 2.24) is 10.3 Å². The summed E-state index contributed by atoms with van der Waals surface area (Å²) in [5.41, 5.74) is 2.42. The van der Waals surface area contributed by atoms with Crippen LogP contribution in [0.4, 0.5) is 5.69 Å². The molecule has 27 heavy (non-hydrogen) atoms. The number of rotatable bonds is 5. The van der Waals surface area contributed by atoms with Crippen molar-refractivity contribution in [3.05, 3.63) is 28.1 Å². The molecule has 0 radical (unpaired) electrons. The molecular weight excluding hydrogens is 362 g/mol. The molecule has 2 aromatic rings. The molecule has 0 spiro atoms. The summed E-state index contributed by atoms with van der Waals surface area (Å²) in [5, 5.41) is 3.86. The van der Waals surface area contributed by atoms with Gasteiger partial charge in [-0.2, -0.15) is 0 Å². The molecule has 1 unspecified atom stereocenters. The van der Waals surface area contributed by atoms with Crippen molar-refractivity contribution in [2.45, 2.75) is 40.7 Å². The number of carbonyl (C=O) groups is 2. The van der Waals surface area contributed by atoms with E-state index in [0.717, 1.165) is 21.1 Å². The number of nitrogens with zero attached hydrogens (tertiary/aromatic N) is 2. The Morgan fingerprint density at radius 1 is 1.37 bits per heavy atom. The number of nitrogens with one attached hydrogen (secondary N) is 1. The number of amides is 2. The van der Waals surface area contributed by atoms with Gasteiger partial charge in [-0.15, -0.1) is 11.3 Å². The highest BCUT2D eigenvalue weighted by Gasteiger charge is 2.33. The summed E-state index contributed by atoms with van der Waals surface area (Å²) in [6.45, 7) is 10.3. The summed E-state index contributed by atoms with van der Waals surface area (Å²) in [7, 11) is 0. The predicted molar refractivity (Wildman–Crippen MR) is 107 cm³/mol. The molecule has 3 rings (SSSR count). The minimum Gasteiger partial charge on any atom is -0.479 e. The Hall–Kier alpha value is -2.41. The number of fused-ring (bicyclic) bond motifs is 1. The Morgan fingerprint density at radius 3 is 2.74 bits per heavy atom. The number of benzene rings is 1. The topological polar surface area (TPSA) is 71.5 Å². The second-order valence-electron chi connectivity index (χ2n) is 7.20. The minimum absolute atomic E-state index is 0.0230. The Morgan fingerprint density at radius 2 is 2.11 bits per heavy atom. The molecule has 7 heteroatoms. The van der Waals surface area contributed by atoms with Crippen molar-refractivity contribution >= 4 is 28.8 Å². The van der Waals surface area contributed by atoms with Gasteiger partial charge < -0.3 is 10.1 Å². The molecule has 0 saturated carbocycles. The molecular formula is C20H25N3O3S. The SMILES string of the molecule is Cc1nc(-c2ccc3c(c2)N(CC(=O)NCC(C)C)C(=O)C(C)O3)c(C)s1. The number of ether oxygens (including phenoxy) is 1. The van der Waals surface area contributed by atoms with E-state index in [1.54, 1.807) is 18.3 Å². The number of thiazole rings is 1. The Balaban J connectivity index is 1.93. The van der Waals surface area contributed by atoms with Crippen molar-refractivity contribution < 1.29 is 14.3 Å². The molecule has 1 aromatic carbocycles. The lowest BCUT2D eigenvalue weighted by Gasteiger charge is -2.33. The van der Waals surface area contributed by atoms with E-state index in [9.17, 15) is 9.59 Å². The van der Waals surface area contributed by atoms with E-state index in [1.165, 1.54) is 4.90 Å². The quantitative estimate of drug-likeness (QED) is 0.854. The number of anilines is 1. The van der Waals surface area contributed by atoms with Crippen LogP contribution in [0, 0.1) is 19.8 Å². The fourth-order valence-corrected chi connectivity index (χ4v) is 3.87. The van der Waals surface area contributed by atoms with Crippen LogP contribution in [0.1, 0.15) is 30.7 Å². The summed E-state index contributed by atoms with van der Waals surface area (Å²) in [4.78, 5) is 32.2. The van der Waals surface area contributed by atoms with Crippen molar-refractivity contribution in [3.63, 3.8) is 0 Å². The Bertz CT molecular complexity index is 875. The molecule has 0 bridgehead atoms. The minimum atomic E-state index is -0.621. The molecule has 0 aliphatic carbocycles. The Kier molecular flexibility index (Phi) is 5.51. The van der Waals surface area contributed by atoms with Gasteiger partial charge in [0.25, 0.3) is 5.91 Å². The first-order valence-electron chi connectivity index (χ1n) is 9.09. The third kappa shape index (κ3) is 4.13. The zero-order valence-corrected chi connectivity index (χ0v) is 17.1. The summed E-state index contributed by atoms with van der Waals surface area (Å²) in [6, 6.07) is 5.68. The summed E-state index contributed by atoms with van der Waals surface area (Å²) in [6.07, 6.45) is -0.621. The standard InChI is InChI=1S/C20H25N3O3S/c1-11(2)9-21-18(24)10-23-16-8-15(19-13(4)27-14(5)22-19)6-7-17(16)26-12(3)20(23)25/h6-8,11-12H,9-10H2,1-5H3,(H,21,24). The van der Waals surface area contributed by atoms with Gasteiger partial charge in [0.15, 0.2) is 6.10 Å². The van der Waals surface area contributed by atoms with Gasteiger partial charge >= 0.3 is 0 Å². The van der Waals surface area contributed by atoms with Crippen molar-refractivity contribution in [1.29, 1.82) is 0 Å². The number of aromatic nitrogens is 1. The molecule has 1 aliphatic heterocycles. The van der Waals surface area contributed by atoms with Gasteiger partial charge in [-0.05, 0) is 44.9 Å². The normalized spacial score (nSPS) is 16.3. The number of aryl methyl sites for hydroxylation is 2. The predicted octanol–water partition coefficient (Wildman–Crippen LogP) is 3.31. The lowest BCUT2D eigenvalue weighted by molar-refractivity contribution is -0.128. The van der Waals surface area contributed by atoms with Crippen LogP contribution in [-0.2, 0) is 9.59 Å². The number of carbonyl (C=O) groups excluding carboxylic acids is 2. The van der Waals surface area contributed by atoms with Crippen LogP contribution in [0.5, 0.6) is 5.75 Å². The lowest BCUT2D eigenvalue weighted by Crippen LogP contribution is -2.49. The maximum Gasteiger partial charge on any atom is 0.268 e. The van der Waals surface area contributed by atoms with Crippen molar-refractivity contribution in [2.75, 3.05) is 18.0 Å². The molecule has 0 saturated heterocycles. The van der Waals surface area contributed by atoms with E-state index < -0.39 is 6.10 Å². The van der Waals surface area contributed by atoms with Crippen LogP contribution in [-0.4, -0.2) is 36.0 Å². The monoisotopic (exact) mass is 387 g/mol. The van der Waals surface area contributed by atoms with Gasteiger partial charge in [0, 0.05) is 17.0 Å². The van der Waals surface area contributed by atoms with Gasteiger partial charge in [0.2, 0.25) is 5.91 Å². The van der Waals surface area contributed by atoms with Crippen LogP contribution in [0.2, 0.25) is 0 Å². The molecule has 1 atom stereocenters. The zero-order chi connectivity index (χ0) is 19.7. The first kappa shape index (κ1) is 19.4. The average molecular weight is 388 g/mol. The number of hydrogen-bond acceptors (Lipinski definition) is 5. The van der Waals surface area contributed by atoms with Crippen molar-refractivity contribution in [2.24, 2.45) is 5.92 Å². The lowest BCUT2D eigenvalue weighted by atomic mass is 10.1. The van der Waals surface area contributed by atoms with Crippen LogP contribution in [0.25, 0.3) is 11.3 Å². The van der Waals surface area contributed by atoms with Crippen molar-refractivity contribution in [3.8, 4) is 17.0 Å². The fourth-order valence-electron chi connectivity index (χ4n) is 3.03. The highest BCUT2D eigenvalue weighted by Crippen LogP contribution is 2.38. The smallest absolute Gasteiger partial charge is 0.268 e. The van der Waals surface area contributed by atoms with Gasteiger partial charge in [-0.3, -0.25) is 14.5 Å².